The lowest BCUT2D eigenvalue weighted by Crippen LogP contribution is -2.44. The Morgan fingerprint density at radius 1 is 1.12 bits per heavy atom. The molecule has 0 fully saturated rings. The summed E-state index contributed by atoms with van der Waals surface area (Å²) in [6, 6.07) is 9.19. The van der Waals surface area contributed by atoms with Gasteiger partial charge in [-0.3, -0.25) is 15.2 Å². The number of benzene rings is 1. The van der Waals surface area contributed by atoms with Gasteiger partial charge >= 0.3 is 12.2 Å². The molecule has 0 saturated carbocycles. The minimum atomic E-state index is -0.981. The third-order valence-electron chi connectivity index (χ3n) is 4.47. The first-order valence-corrected chi connectivity index (χ1v) is 11.0. The molecule has 0 bridgehead atoms. The number of carboxylic acid groups (broad SMARTS) is 1. The molecule has 0 spiro atoms. The van der Waals surface area contributed by atoms with Gasteiger partial charge in [-0.1, -0.05) is 0 Å². The summed E-state index contributed by atoms with van der Waals surface area (Å²) < 4.78 is 6.21. The van der Waals surface area contributed by atoms with Gasteiger partial charge in [0, 0.05) is 23.0 Å². The Labute approximate surface area is 191 Å². The summed E-state index contributed by atoms with van der Waals surface area (Å²) in [6.07, 6.45) is 0.215. The third-order valence-corrected chi connectivity index (χ3v) is 5.53. The van der Waals surface area contributed by atoms with Crippen LogP contribution in [0, 0.1) is 0 Å². The fourth-order valence-corrected chi connectivity index (χ4v) is 3.94. The van der Waals surface area contributed by atoms with Crippen molar-refractivity contribution in [1.82, 2.24) is 14.9 Å². The fraction of sp³-hybridized carbons (Fsp3) is 0.391. The first-order valence-electron chi connectivity index (χ1n) is 10.2. The van der Waals surface area contributed by atoms with E-state index in [0.29, 0.717) is 11.4 Å². The SMILES string of the molecule is CC(C)(C)OC(=O)Nc1ccc2nc(-c3ccc(CN(C(=O)O)C(C)(C)C)nc3)sc2c1. The van der Waals surface area contributed by atoms with Crippen molar-refractivity contribution in [2.45, 2.75) is 59.2 Å². The number of carbonyl (C=O) groups is 2. The van der Waals surface area contributed by atoms with Gasteiger partial charge in [-0.05, 0) is 71.9 Å². The van der Waals surface area contributed by atoms with Crippen molar-refractivity contribution >= 4 is 39.4 Å². The van der Waals surface area contributed by atoms with Crippen LogP contribution in [0.15, 0.2) is 36.5 Å². The molecule has 0 aliphatic rings. The highest BCUT2D eigenvalue weighted by molar-refractivity contribution is 7.21. The molecule has 0 radical (unpaired) electrons. The molecule has 9 heteroatoms. The predicted molar refractivity (Wildman–Crippen MR) is 126 cm³/mol. The third kappa shape index (κ3) is 5.94. The molecule has 0 saturated heterocycles. The number of pyridine rings is 1. The zero-order chi connectivity index (χ0) is 23.7. The largest absolute Gasteiger partial charge is 0.465 e. The van der Waals surface area contributed by atoms with Crippen molar-refractivity contribution in [2.24, 2.45) is 0 Å². The maximum absolute atomic E-state index is 12.0. The molecule has 32 heavy (non-hydrogen) atoms. The van der Waals surface area contributed by atoms with Crippen LogP contribution < -0.4 is 5.32 Å². The van der Waals surface area contributed by atoms with Crippen LogP contribution in [-0.2, 0) is 11.3 Å². The van der Waals surface area contributed by atoms with Crippen LogP contribution in [0.3, 0.4) is 0 Å². The average Bonchev–Trinajstić information content (AvgIpc) is 3.07. The number of amides is 2. The van der Waals surface area contributed by atoms with Gasteiger partial charge in [0.05, 0.1) is 22.5 Å². The molecule has 2 amide bonds. The van der Waals surface area contributed by atoms with Gasteiger partial charge in [0.2, 0.25) is 0 Å². The van der Waals surface area contributed by atoms with Gasteiger partial charge in [0.15, 0.2) is 0 Å². The number of ether oxygens (including phenoxy) is 1. The lowest BCUT2D eigenvalue weighted by Gasteiger charge is -2.32. The topological polar surface area (TPSA) is 105 Å². The summed E-state index contributed by atoms with van der Waals surface area (Å²) in [5.74, 6) is 0. The molecule has 8 nitrogen and oxygen atoms in total. The predicted octanol–water partition coefficient (Wildman–Crippen LogP) is 5.98. The van der Waals surface area contributed by atoms with Crippen molar-refractivity contribution in [3.05, 3.63) is 42.2 Å². The summed E-state index contributed by atoms with van der Waals surface area (Å²) in [7, 11) is 0. The number of fused-ring (bicyclic) bond motifs is 1. The van der Waals surface area contributed by atoms with E-state index in [1.807, 2.05) is 65.8 Å². The standard InChI is InChI=1S/C23H28N4O4S/c1-22(2,3)27(21(29)30)13-16-8-7-14(12-24-16)19-26-17-10-9-15(11-18(17)32-19)25-20(28)31-23(4,5)6/h7-12H,13H2,1-6H3,(H,25,28)(H,29,30). The Morgan fingerprint density at radius 3 is 2.41 bits per heavy atom. The number of hydrogen-bond acceptors (Lipinski definition) is 6. The van der Waals surface area contributed by atoms with E-state index in [1.54, 1.807) is 12.3 Å². The number of thiazole rings is 1. The number of nitrogens with zero attached hydrogens (tertiary/aromatic N) is 3. The normalized spacial score (nSPS) is 11.9. The van der Waals surface area contributed by atoms with E-state index in [4.69, 9.17) is 4.74 Å². The lowest BCUT2D eigenvalue weighted by molar-refractivity contribution is 0.0635. The number of rotatable bonds is 4. The second-order valence-electron chi connectivity index (χ2n) is 9.41. The molecule has 2 heterocycles. The molecule has 2 N–H and O–H groups in total. The van der Waals surface area contributed by atoms with Crippen molar-refractivity contribution in [3.8, 4) is 10.6 Å². The van der Waals surface area contributed by atoms with E-state index >= 15 is 0 Å². The van der Waals surface area contributed by atoms with Crippen LogP contribution in [0.5, 0.6) is 0 Å². The van der Waals surface area contributed by atoms with Crippen LogP contribution in [0.4, 0.5) is 15.3 Å². The summed E-state index contributed by atoms with van der Waals surface area (Å²) in [4.78, 5) is 34.0. The van der Waals surface area contributed by atoms with Gasteiger partial charge in [0.25, 0.3) is 0 Å². The second-order valence-corrected chi connectivity index (χ2v) is 10.4. The van der Waals surface area contributed by atoms with Crippen molar-refractivity contribution in [2.75, 3.05) is 5.32 Å². The van der Waals surface area contributed by atoms with E-state index in [2.05, 4.69) is 15.3 Å². The average molecular weight is 457 g/mol. The number of aromatic nitrogens is 2. The minimum Gasteiger partial charge on any atom is -0.465 e. The highest BCUT2D eigenvalue weighted by atomic mass is 32.1. The van der Waals surface area contributed by atoms with Crippen LogP contribution in [0.1, 0.15) is 47.2 Å². The Morgan fingerprint density at radius 2 is 1.84 bits per heavy atom. The van der Waals surface area contributed by atoms with E-state index < -0.39 is 23.3 Å². The van der Waals surface area contributed by atoms with Crippen LogP contribution in [0.25, 0.3) is 20.8 Å². The molecule has 0 aliphatic heterocycles. The molecule has 0 atom stereocenters. The molecule has 3 aromatic rings. The van der Waals surface area contributed by atoms with E-state index in [-0.39, 0.29) is 6.54 Å². The van der Waals surface area contributed by atoms with E-state index in [9.17, 15) is 14.7 Å². The number of anilines is 1. The summed E-state index contributed by atoms with van der Waals surface area (Å²) in [6.45, 7) is 11.2. The lowest BCUT2D eigenvalue weighted by atomic mass is 10.1. The van der Waals surface area contributed by atoms with Gasteiger partial charge < -0.3 is 9.84 Å². The number of hydrogen-bond donors (Lipinski definition) is 2. The fourth-order valence-electron chi connectivity index (χ4n) is 2.95. The van der Waals surface area contributed by atoms with Crippen molar-refractivity contribution in [1.29, 1.82) is 0 Å². The Kier molecular flexibility index (Phi) is 6.41. The van der Waals surface area contributed by atoms with Gasteiger partial charge in [-0.15, -0.1) is 11.3 Å². The summed E-state index contributed by atoms with van der Waals surface area (Å²) in [5, 5.41) is 13.0. The summed E-state index contributed by atoms with van der Waals surface area (Å²) >= 11 is 1.49. The molecular weight excluding hydrogens is 428 g/mol. The number of nitrogens with one attached hydrogen (secondary N) is 1. The van der Waals surface area contributed by atoms with E-state index in [0.717, 1.165) is 20.8 Å². The zero-order valence-electron chi connectivity index (χ0n) is 19.1. The first-order chi connectivity index (χ1) is 14.8. The molecule has 170 valence electrons. The molecule has 0 unspecified atom stereocenters. The van der Waals surface area contributed by atoms with Crippen LogP contribution in [0.2, 0.25) is 0 Å². The molecule has 2 aromatic heterocycles. The molecule has 3 rings (SSSR count). The second kappa shape index (κ2) is 8.74. The van der Waals surface area contributed by atoms with Crippen molar-refractivity contribution < 1.29 is 19.4 Å². The molecular formula is C23H28N4O4S. The monoisotopic (exact) mass is 456 g/mol. The van der Waals surface area contributed by atoms with Crippen LogP contribution in [-0.4, -0.2) is 43.3 Å². The highest BCUT2D eigenvalue weighted by Crippen LogP contribution is 2.32. The minimum absolute atomic E-state index is 0.207. The van der Waals surface area contributed by atoms with Gasteiger partial charge in [-0.25, -0.2) is 14.6 Å². The Hall–Kier alpha value is -3.20. The first kappa shape index (κ1) is 23.5. The smallest absolute Gasteiger partial charge is 0.412 e. The molecule has 1 aromatic carbocycles. The van der Waals surface area contributed by atoms with Gasteiger partial charge in [-0.2, -0.15) is 0 Å². The molecule has 0 aliphatic carbocycles. The summed E-state index contributed by atoms with van der Waals surface area (Å²) in [5.41, 5.74) is 1.86. The Bertz CT molecular complexity index is 1130. The Balaban J connectivity index is 1.77. The zero-order valence-corrected chi connectivity index (χ0v) is 19.9. The van der Waals surface area contributed by atoms with Crippen molar-refractivity contribution in [3.63, 3.8) is 0 Å². The highest BCUT2D eigenvalue weighted by Gasteiger charge is 2.26. The van der Waals surface area contributed by atoms with Gasteiger partial charge in [0.1, 0.15) is 10.6 Å². The number of carbonyl (C=O) groups excluding carboxylic acids is 1. The van der Waals surface area contributed by atoms with E-state index in [1.165, 1.54) is 16.2 Å². The maximum Gasteiger partial charge on any atom is 0.412 e. The van der Waals surface area contributed by atoms with Crippen LogP contribution >= 0.6 is 11.3 Å². The quantitative estimate of drug-likeness (QED) is 0.500. The maximum atomic E-state index is 12.0.